The molecule has 0 aliphatic carbocycles. The van der Waals surface area contributed by atoms with Crippen LogP contribution in [0.5, 0.6) is 11.5 Å². The van der Waals surface area contributed by atoms with E-state index >= 15 is 0 Å². The Balaban J connectivity index is 2.41. The number of aliphatic hydroxyl groups is 1. The number of hydrogen-bond donors (Lipinski definition) is 1. The van der Waals surface area contributed by atoms with E-state index in [9.17, 15) is 5.11 Å². The Morgan fingerprint density at radius 3 is 2.63 bits per heavy atom. The Kier molecular flexibility index (Phi) is 4.69. The first kappa shape index (κ1) is 15.0. The minimum absolute atomic E-state index is 0.138. The molecule has 3 nitrogen and oxygen atoms in total. The Labute approximate surface area is 126 Å². The van der Waals surface area contributed by atoms with Gasteiger partial charge in [-0.2, -0.15) is 11.8 Å². The van der Waals surface area contributed by atoms with Crippen molar-refractivity contribution in [2.75, 3.05) is 20.0 Å². The molecule has 1 N–H and O–H groups in total. The summed E-state index contributed by atoms with van der Waals surface area (Å²) in [5, 5.41) is 10.7. The fourth-order valence-electron chi connectivity index (χ4n) is 2.48. The van der Waals surface area contributed by atoms with Gasteiger partial charge in [0, 0.05) is 10.3 Å². The smallest absolute Gasteiger partial charge is 0.142 e. The van der Waals surface area contributed by atoms with Crippen LogP contribution in [0.1, 0.15) is 31.4 Å². The second kappa shape index (κ2) is 5.94. The summed E-state index contributed by atoms with van der Waals surface area (Å²) in [5.74, 6) is 2.46. The van der Waals surface area contributed by atoms with Crippen LogP contribution in [0.15, 0.2) is 16.6 Å². The van der Waals surface area contributed by atoms with Gasteiger partial charge in [0.1, 0.15) is 16.0 Å². The van der Waals surface area contributed by atoms with Crippen molar-refractivity contribution in [3.8, 4) is 11.5 Å². The third-order valence-corrected chi connectivity index (χ3v) is 5.97. The molecule has 0 saturated carbocycles. The van der Waals surface area contributed by atoms with Crippen molar-refractivity contribution >= 4 is 27.7 Å². The number of hydrogen-bond acceptors (Lipinski definition) is 4. The second-order valence-corrected chi connectivity index (χ2v) is 7.29. The monoisotopic (exact) mass is 346 g/mol. The van der Waals surface area contributed by atoms with Crippen molar-refractivity contribution < 1.29 is 14.6 Å². The molecule has 106 valence electrons. The highest BCUT2D eigenvalue weighted by molar-refractivity contribution is 9.10. The van der Waals surface area contributed by atoms with Crippen molar-refractivity contribution in [2.45, 2.75) is 30.6 Å². The number of methoxy groups -OCH3 is 2. The normalized spacial score (nSPS) is 24.3. The van der Waals surface area contributed by atoms with E-state index in [2.05, 4.69) is 22.9 Å². The molecule has 1 heterocycles. The molecule has 2 unspecified atom stereocenters. The SMILES string of the molecule is COc1ccc(C(O)C2(C)CCCS2)c(OC)c1Br. The quantitative estimate of drug-likeness (QED) is 0.900. The first-order valence-electron chi connectivity index (χ1n) is 6.26. The van der Waals surface area contributed by atoms with Crippen LogP contribution in [0.4, 0.5) is 0 Å². The van der Waals surface area contributed by atoms with Gasteiger partial charge < -0.3 is 14.6 Å². The molecule has 2 atom stereocenters. The molecule has 2 rings (SSSR count). The van der Waals surface area contributed by atoms with E-state index in [1.165, 1.54) is 0 Å². The van der Waals surface area contributed by atoms with Gasteiger partial charge in [0.2, 0.25) is 0 Å². The van der Waals surface area contributed by atoms with Crippen LogP contribution in [0.25, 0.3) is 0 Å². The average molecular weight is 347 g/mol. The van der Waals surface area contributed by atoms with E-state index in [0.717, 1.165) is 28.6 Å². The van der Waals surface area contributed by atoms with Crippen LogP contribution in [0.3, 0.4) is 0 Å². The van der Waals surface area contributed by atoms with Gasteiger partial charge in [-0.05, 0) is 53.6 Å². The topological polar surface area (TPSA) is 38.7 Å². The number of rotatable bonds is 4. The van der Waals surface area contributed by atoms with Crippen LogP contribution in [-0.4, -0.2) is 29.8 Å². The molecule has 19 heavy (non-hydrogen) atoms. The predicted molar refractivity (Wildman–Crippen MR) is 82.3 cm³/mol. The minimum Gasteiger partial charge on any atom is -0.495 e. The summed E-state index contributed by atoms with van der Waals surface area (Å²) in [5.41, 5.74) is 0.812. The molecule has 5 heteroatoms. The zero-order chi connectivity index (χ0) is 14.0. The maximum Gasteiger partial charge on any atom is 0.142 e. The molecule has 0 bridgehead atoms. The lowest BCUT2D eigenvalue weighted by molar-refractivity contribution is 0.131. The van der Waals surface area contributed by atoms with E-state index in [-0.39, 0.29) is 4.75 Å². The van der Waals surface area contributed by atoms with Crippen LogP contribution in [-0.2, 0) is 0 Å². The van der Waals surface area contributed by atoms with Gasteiger partial charge in [0.05, 0.1) is 20.3 Å². The number of aliphatic hydroxyl groups excluding tert-OH is 1. The van der Waals surface area contributed by atoms with E-state index in [1.807, 2.05) is 23.9 Å². The summed E-state index contributed by atoms with van der Waals surface area (Å²) < 4.78 is 11.3. The standard InChI is InChI=1S/C14H19BrO3S/c1-14(7-4-8-19-14)13(16)9-5-6-10(17-2)11(15)12(9)18-3/h5-6,13,16H,4,7-8H2,1-3H3. The highest BCUT2D eigenvalue weighted by Gasteiger charge is 2.39. The molecule has 1 aliphatic heterocycles. The van der Waals surface area contributed by atoms with Gasteiger partial charge in [-0.25, -0.2) is 0 Å². The Hall–Kier alpha value is -0.390. The molecule has 1 aromatic rings. The summed E-state index contributed by atoms with van der Waals surface area (Å²) in [6.07, 6.45) is 1.63. The van der Waals surface area contributed by atoms with Crippen molar-refractivity contribution in [1.82, 2.24) is 0 Å². The van der Waals surface area contributed by atoms with Gasteiger partial charge >= 0.3 is 0 Å². The van der Waals surface area contributed by atoms with Gasteiger partial charge in [-0.15, -0.1) is 0 Å². The number of thioether (sulfide) groups is 1. The third kappa shape index (κ3) is 2.73. The highest BCUT2D eigenvalue weighted by Crippen LogP contribution is 2.50. The van der Waals surface area contributed by atoms with Crippen LogP contribution >= 0.6 is 27.7 Å². The van der Waals surface area contributed by atoms with E-state index < -0.39 is 6.10 Å². The van der Waals surface area contributed by atoms with Crippen LogP contribution in [0.2, 0.25) is 0 Å². The Morgan fingerprint density at radius 2 is 2.11 bits per heavy atom. The van der Waals surface area contributed by atoms with E-state index in [1.54, 1.807) is 14.2 Å². The first-order chi connectivity index (χ1) is 9.03. The molecule has 0 radical (unpaired) electrons. The lowest BCUT2D eigenvalue weighted by atomic mass is 9.92. The number of benzene rings is 1. The Bertz CT molecular complexity index is 458. The van der Waals surface area contributed by atoms with Crippen molar-refractivity contribution in [3.05, 3.63) is 22.2 Å². The van der Waals surface area contributed by atoms with Crippen molar-refractivity contribution in [3.63, 3.8) is 0 Å². The van der Waals surface area contributed by atoms with Gasteiger partial charge in [-0.3, -0.25) is 0 Å². The van der Waals surface area contributed by atoms with Gasteiger partial charge in [-0.1, -0.05) is 0 Å². The second-order valence-electron chi connectivity index (χ2n) is 4.87. The first-order valence-corrected chi connectivity index (χ1v) is 8.03. The van der Waals surface area contributed by atoms with E-state index in [0.29, 0.717) is 11.5 Å². The van der Waals surface area contributed by atoms with Gasteiger partial charge in [0.25, 0.3) is 0 Å². The van der Waals surface area contributed by atoms with Crippen LogP contribution in [0, 0.1) is 0 Å². The summed E-state index contributed by atoms with van der Waals surface area (Å²) in [6, 6.07) is 3.74. The molecule has 0 aromatic heterocycles. The lowest BCUT2D eigenvalue weighted by Gasteiger charge is -2.30. The molecule has 1 aromatic carbocycles. The average Bonchev–Trinajstić information content (AvgIpc) is 2.85. The van der Waals surface area contributed by atoms with Crippen molar-refractivity contribution in [2.24, 2.45) is 0 Å². The molecule has 0 spiro atoms. The summed E-state index contributed by atoms with van der Waals surface area (Å²) in [6.45, 7) is 2.12. The van der Waals surface area contributed by atoms with Crippen molar-refractivity contribution in [1.29, 1.82) is 0 Å². The molecular formula is C14H19BrO3S. The van der Waals surface area contributed by atoms with E-state index in [4.69, 9.17) is 9.47 Å². The Morgan fingerprint density at radius 1 is 1.37 bits per heavy atom. The van der Waals surface area contributed by atoms with Crippen LogP contribution < -0.4 is 9.47 Å². The third-order valence-electron chi connectivity index (χ3n) is 3.64. The highest BCUT2D eigenvalue weighted by atomic mass is 79.9. The predicted octanol–water partition coefficient (Wildman–Crippen LogP) is 3.79. The lowest BCUT2D eigenvalue weighted by Crippen LogP contribution is -2.26. The fraction of sp³-hybridized carbons (Fsp3) is 0.571. The maximum atomic E-state index is 10.7. The molecule has 1 saturated heterocycles. The molecule has 1 fully saturated rings. The summed E-state index contributed by atoms with van der Waals surface area (Å²) in [4.78, 5) is 0. The largest absolute Gasteiger partial charge is 0.495 e. The fourth-order valence-corrected chi connectivity index (χ4v) is 4.49. The number of halogens is 1. The zero-order valence-corrected chi connectivity index (χ0v) is 13.8. The minimum atomic E-state index is -0.544. The molecule has 1 aliphatic rings. The summed E-state index contributed by atoms with van der Waals surface area (Å²) in [7, 11) is 3.23. The summed E-state index contributed by atoms with van der Waals surface area (Å²) >= 11 is 5.31. The van der Waals surface area contributed by atoms with Gasteiger partial charge in [0.15, 0.2) is 0 Å². The zero-order valence-electron chi connectivity index (χ0n) is 11.4. The number of ether oxygens (including phenoxy) is 2. The molecule has 0 amide bonds. The molecular weight excluding hydrogens is 328 g/mol. The maximum absolute atomic E-state index is 10.7.